The van der Waals surface area contributed by atoms with Crippen molar-refractivity contribution in [3.05, 3.63) is 40.9 Å². The van der Waals surface area contributed by atoms with Crippen LogP contribution in [0.3, 0.4) is 0 Å². The molecular weight excluding hydrogens is 310 g/mol. The molecule has 0 aliphatic carbocycles. The average Bonchev–Trinajstić information content (AvgIpc) is 2.88. The third-order valence-electron chi connectivity index (χ3n) is 2.57. The third kappa shape index (κ3) is 4.84. The summed E-state index contributed by atoms with van der Waals surface area (Å²) in [4.78, 5) is 27.0. The highest BCUT2D eigenvalue weighted by atomic mass is 35.5. The van der Waals surface area contributed by atoms with Gasteiger partial charge in [0.05, 0.1) is 18.0 Å². The van der Waals surface area contributed by atoms with Crippen LogP contribution in [-0.4, -0.2) is 16.8 Å². The smallest absolute Gasteiger partial charge is 0.230 e. The van der Waals surface area contributed by atoms with Gasteiger partial charge in [0.25, 0.3) is 0 Å². The highest BCUT2D eigenvalue weighted by molar-refractivity contribution is 7.13. The van der Waals surface area contributed by atoms with Crippen LogP contribution in [0.1, 0.15) is 18.2 Å². The fourth-order valence-corrected chi connectivity index (χ4v) is 2.64. The predicted octanol–water partition coefficient (Wildman–Crippen LogP) is 3.02. The van der Waals surface area contributed by atoms with Crippen LogP contribution in [0.15, 0.2) is 29.6 Å². The number of nitrogens with zero attached hydrogens (tertiary/aromatic N) is 1. The topological polar surface area (TPSA) is 71.1 Å². The molecule has 0 bridgehead atoms. The highest BCUT2D eigenvalue weighted by Crippen LogP contribution is 2.17. The van der Waals surface area contributed by atoms with Crippen LogP contribution < -0.4 is 10.6 Å². The number of halogens is 1. The Morgan fingerprint density at radius 2 is 1.95 bits per heavy atom. The Hall–Kier alpha value is -1.92. The summed E-state index contributed by atoms with van der Waals surface area (Å²) in [6.07, 6.45) is 0.246. The Kier molecular flexibility index (Phi) is 5.30. The highest BCUT2D eigenvalue weighted by Gasteiger charge is 2.07. The minimum Gasteiger partial charge on any atom is -0.326 e. The van der Waals surface area contributed by atoms with Crippen LogP contribution in [-0.2, 0) is 21.9 Å². The van der Waals surface area contributed by atoms with Crippen LogP contribution in [0.2, 0.25) is 0 Å². The third-order valence-corrected chi connectivity index (χ3v) is 3.65. The van der Waals surface area contributed by atoms with Crippen LogP contribution in [0.25, 0.3) is 0 Å². The molecule has 7 heteroatoms. The summed E-state index contributed by atoms with van der Waals surface area (Å²) in [5.41, 5.74) is 2.31. The number of thiazole rings is 1. The van der Waals surface area contributed by atoms with Crippen molar-refractivity contribution < 1.29 is 9.59 Å². The molecule has 0 saturated heterocycles. The lowest BCUT2D eigenvalue weighted by Gasteiger charge is -2.05. The summed E-state index contributed by atoms with van der Waals surface area (Å²) >= 11 is 7.01. The van der Waals surface area contributed by atoms with E-state index in [0.717, 1.165) is 11.3 Å². The molecule has 0 radical (unpaired) electrons. The van der Waals surface area contributed by atoms with Crippen molar-refractivity contribution in [3.8, 4) is 0 Å². The first-order valence-corrected chi connectivity index (χ1v) is 7.65. The van der Waals surface area contributed by atoms with Gasteiger partial charge in [0.2, 0.25) is 11.8 Å². The minimum atomic E-state index is -0.141. The van der Waals surface area contributed by atoms with E-state index in [1.807, 2.05) is 5.38 Å². The minimum absolute atomic E-state index is 0.126. The van der Waals surface area contributed by atoms with Gasteiger partial charge in [0, 0.05) is 18.0 Å². The van der Waals surface area contributed by atoms with Crippen LogP contribution in [0.4, 0.5) is 10.8 Å². The van der Waals surface area contributed by atoms with Crippen LogP contribution in [0.5, 0.6) is 0 Å². The zero-order valence-electron chi connectivity index (χ0n) is 11.4. The Morgan fingerprint density at radius 1 is 1.24 bits per heavy atom. The van der Waals surface area contributed by atoms with Crippen molar-refractivity contribution in [2.24, 2.45) is 0 Å². The molecule has 21 heavy (non-hydrogen) atoms. The number of carbonyl (C=O) groups is 2. The van der Waals surface area contributed by atoms with Gasteiger partial charge in [-0.25, -0.2) is 4.98 Å². The zero-order valence-corrected chi connectivity index (χ0v) is 12.9. The maximum Gasteiger partial charge on any atom is 0.230 e. The molecule has 5 nitrogen and oxygen atoms in total. The molecule has 0 aliphatic heterocycles. The lowest BCUT2D eigenvalue weighted by molar-refractivity contribution is -0.116. The van der Waals surface area contributed by atoms with Gasteiger partial charge in [-0.15, -0.1) is 22.9 Å². The Morgan fingerprint density at radius 3 is 2.52 bits per heavy atom. The van der Waals surface area contributed by atoms with Gasteiger partial charge in [-0.1, -0.05) is 12.1 Å². The molecule has 0 atom stereocenters. The van der Waals surface area contributed by atoms with E-state index >= 15 is 0 Å². The molecule has 0 spiro atoms. The van der Waals surface area contributed by atoms with E-state index in [-0.39, 0.29) is 18.2 Å². The summed E-state index contributed by atoms with van der Waals surface area (Å²) < 4.78 is 0. The number of nitrogens with one attached hydrogen (secondary N) is 2. The molecular formula is C14H14ClN3O2S. The van der Waals surface area contributed by atoms with Crippen molar-refractivity contribution >= 4 is 45.6 Å². The number of carbonyl (C=O) groups excluding carboxylic acids is 2. The SMILES string of the molecule is CC(=O)Nc1ccc(CC(=O)Nc2nc(CCl)cs2)cc1. The van der Waals surface area contributed by atoms with Crippen molar-refractivity contribution in [3.63, 3.8) is 0 Å². The number of hydrogen-bond donors (Lipinski definition) is 2. The average molecular weight is 324 g/mol. The number of rotatable bonds is 5. The van der Waals surface area contributed by atoms with Gasteiger partial charge in [-0.05, 0) is 17.7 Å². The van der Waals surface area contributed by atoms with E-state index in [2.05, 4.69) is 15.6 Å². The predicted molar refractivity (Wildman–Crippen MR) is 84.8 cm³/mol. The molecule has 2 aromatic rings. The second-order valence-electron chi connectivity index (χ2n) is 4.38. The number of hydrogen-bond acceptors (Lipinski definition) is 4. The molecule has 2 N–H and O–H groups in total. The van der Waals surface area contributed by atoms with E-state index in [1.165, 1.54) is 18.3 Å². The summed E-state index contributed by atoms with van der Waals surface area (Å²) in [5.74, 6) is 0.0638. The van der Waals surface area contributed by atoms with Crippen LogP contribution >= 0.6 is 22.9 Å². The van der Waals surface area contributed by atoms with Crippen LogP contribution in [0, 0.1) is 0 Å². The first-order valence-electron chi connectivity index (χ1n) is 6.23. The first kappa shape index (κ1) is 15.5. The van der Waals surface area contributed by atoms with Crippen molar-refractivity contribution in [2.45, 2.75) is 19.2 Å². The van der Waals surface area contributed by atoms with E-state index < -0.39 is 0 Å². The molecule has 0 saturated carbocycles. The van der Waals surface area contributed by atoms with Crippen molar-refractivity contribution in [1.82, 2.24) is 4.98 Å². The van der Waals surface area contributed by atoms with Gasteiger partial charge in [0.1, 0.15) is 0 Å². The molecule has 0 unspecified atom stereocenters. The fraction of sp³-hybridized carbons (Fsp3) is 0.214. The fourth-order valence-electron chi connectivity index (χ4n) is 1.68. The Labute approximate surface area is 131 Å². The molecule has 1 heterocycles. The molecule has 1 aromatic heterocycles. The number of alkyl halides is 1. The van der Waals surface area contributed by atoms with Gasteiger partial charge in [-0.3, -0.25) is 9.59 Å². The molecule has 2 amide bonds. The Balaban J connectivity index is 1.91. The molecule has 1 aromatic carbocycles. The molecule has 0 aliphatic rings. The number of aromatic nitrogens is 1. The molecule has 110 valence electrons. The maximum atomic E-state index is 11.9. The van der Waals surface area contributed by atoms with Crippen molar-refractivity contribution in [2.75, 3.05) is 10.6 Å². The second-order valence-corrected chi connectivity index (χ2v) is 5.51. The van der Waals surface area contributed by atoms with Gasteiger partial charge in [0.15, 0.2) is 5.13 Å². The van der Waals surface area contributed by atoms with E-state index in [0.29, 0.717) is 16.7 Å². The van der Waals surface area contributed by atoms with Crippen molar-refractivity contribution in [1.29, 1.82) is 0 Å². The summed E-state index contributed by atoms with van der Waals surface area (Å²) in [6, 6.07) is 7.13. The maximum absolute atomic E-state index is 11.9. The normalized spacial score (nSPS) is 10.2. The van der Waals surface area contributed by atoms with Gasteiger partial charge >= 0.3 is 0 Å². The zero-order chi connectivity index (χ0) is 15.2. The standard InChI is InChI=1S/C14H14ClN3O2S/c1-9(19)16-11-4-2-10(3-5-11)6-13(20)18-14-17-12(7-15)8-21-14/h2-5,8H,6-7H2,1H3,(H,16,19)(H,17,18,20). The molecule has 2 rings (SSSR count). The van der Waals surface area contributed by atoms with Gasteiger partial charge < -0.3 is 10.6 Å². The lowest BCUT2D eigenvalue weighted by Crippen LogP contribution is -2.14. The second kappa shape index (κ2) is 7.19. The molecule has 0 fully saturated rings. The first-order chi connectivity index (χ1) is 10.1. The number of amides is 2. The number of anilines is 2. The van der Waals surface area contributed by atoms with Gasteiger partial charge in [-0.2, -0.15) is 0 Å². The summed E-state index contributed by atoms with van der Waals surface area (Å²) in [5, 5.41) is 7.76. The van der Waals surface area contributed by atoms with E-state index in [4.69, 9.17) is 11.6 Å². The monoisotopic (exact) mass is 323 g/mol. The largest absolute Gasteiger partial charge is 0.326 e. The summed E-state index contributed by atoms with van der Waals surface area (Å²) in [6.45, 7) is 1.45. The lowest BCUT2D eigenvalue weighted by atomic mass is 10.1. The van der Waals surface area contributed by atoms with E-state index in [9.17, 15) is 9.59 Å². The Bertz CT molecular complexity index is 640. The quantitative estimate of drug-likeness (QED) is 0.831. The van der Waals surface area contributed by atoms with E-state index in [1.54, 1.807) is 24.3 Å². The summed E-state index contributed by atoms with van der Waals surface area (Å²) in [7, 11) is 0. The number of benzene rings is 1.